The lowest BCUT2D eigenvalue weighted by molar-refractivity contribution is -0.384. The number of methoxy groups -OCH3 is 1. The molecule has 0 heterocycles. The van der Waals surface area contributed by atoms with Gasteiger partial charge in [0.1, 0.15) is 10.6 Å². The maximum Gasteiger partial charge on any atom is 0.271 e. The van der Waals surface area contributed by atoms with Gasteiger partial charge < -0.3 is 10.1 Å². The fourth-order valence-corrected chi connectivity index (χ4v) is 3.75. The van der Waals surface area contributed by atoms with Crippen molar-refractivity contribution < 1.29 is 22.9 Å². The number of halogens is 1. The van der Waals surface area contributed by atoms with Gasteiger partial charge >= 0.3 is 0 Å². The number of likely N-dealkylation sites (N-methyl/N-ethyl adjacent to an activating group) is 1. The Labute approximate surface area is 160 Å². The summed E-state index contributed by atoms with van der Waals surface area (Å²) in [5.41, 5.74) is -0.0160. The molecule has 144 valence electrons. The molecule has 9 nitrogen and oxygen atoms in total. The predicted molar refractivity (Wildman–Crippen MR) is 99.5 cm³/mol. The van der Waals surface area contributed by atoms with Crippen molar-refractivity contribution in [2.75, 3.05) is 26.0 Å². The molecule has 27 heavy (non-hydrogen) atoms. The maximum atomic E-state index is 12.7. The van der Waals surface area contributed by atoms with Crippen molar-refractivity contribution in [1.82, 2.24) is 4.31 Å². The zero-order chi connectivity index (χ0) is 20.2. The summed E-state index contributed by atoms with van der Waals surface area (Å²) >= 11 is 5.87. The van der Waals surface area contributed by atoms with Crippen molar-refractivity contribution >= 4 is 38.9 Å². The van der Waals surface area contributed by atoms with Gasteiger partial charge in [0.2, 0.25) is 15.9 Å². The van der Waals surface area contributed by atoms with Crippen molar-refractivity contribution in [2.24, 2.45) is 0 Å². The summed E-state index contributed by atoms with van der Waals surface area (Å²) in [6.07, 6.45) is 0. The first-order valence-electron chi connectivity index (χ1n) is 7.49. The van der Waals surface area contributed by atoms with E-state index in [1.165, 1.54) is 56.6 Å². The highest BCUT2D eigenvalue weighted by molar-refractivity contribution is 7.89. The number of non-ortho nitro benzene ring substituents is 1. The number of amides is 1. The highest BCUT2D eigenvalue weighted by Gasteiger charge is 2.27. The number of anilines is 1. The van der Waals surface area contributed by atoms with E-state index in [4.69, 9.17) is 16.3 Å². The van der Waals surface area contributed by atoms with Crippen LogP contribution >= 0.6 is 11.6 Å². The van der Waals surface area contributed by atoms with Crippen molar-refractivity contribution in [3.05, 3.63) is 57.6 Å². The molecule has 0 fully saturated rings. The van der Waals surface area contributed by atoms with Gasteiger partial charge in [0.25, 0.3) is 5.69 Å². The number of benzene rings is 2. The standard InChI is InChI=1S/C16H16ClN3O6S/c1-19(27(24,25)15-8-11(17)6-7-14(15)26-2)10-16(21)18-12-4-3-5-13(9-12)20(22)23/h3-9H,10H2,1-2H3,(H,18,21). The average Bonchev–Trinajstić information content (AvgIpc) is 2.61. The molecule has 0 saturated heterocycles. The molecular weight excluding hydrogens is 398 g/mol. The fourth-order valence-electron chi connectivity index (χ4n) is 2.20. The van der Waals surface area contributed by atoms with Gasteiger partial charge in [0.15, 0.2) is 0 Å². The summed E-state index contributed by atoms with van der Waals surface area (Å²) in [5.74, 6) is -0.576. The van der Waals surface area contributed by atoms with E-state index in [1.807, 2.05) is 0 Å². The van der Waals surface area contributed by atoms with E-state index in [0.29, 0.717) is 0 Å². The Morgan fingerprint density at radius 2 is 2.00 bits per heavy atom. The van der Waals surface area contributed by atoms with Crippen LogP contribution in [-0.4, -0.2) is 44.3 Å². The number of nitro groups is 1. The summed E-state index contributed by atoms with van der Waals surface area (Å²) in [6.45, 7) is -0.513. The van der Waals surface area contributed by atoms with Crippen LogP contribution in [0.15, 0.2) is 47.4 Å². The monoisotopic (exact) mass is 413 g/mol. The number of hydrogen-bond acceptors (Lipinski definition) is 6. The summed E-state index contributed by atoms with van der Waals surface area (Å²) < 4.78 is 31.3. The molecule has 0 aliphatic rings. The van der Waals surface area contributed by atoms with Crippen LogP contribution in [0.2, 0.25) is 5.02 Å². The molecule has 0 spiro atoms. The third-order valence-electron chi connectivity index (χ3n) is 3.52. The molecule has 0 atom stereocenters. The number of nitro benzene ring substituents is 1. The van der Waals surface area contributed by atoms with Gasteiger partial charge in [-0.15, -0.1) is 0 Å². The number of ether oxygens (including phenoxy) is 1. The van der Waals surface area contributed by atoms with Crippen LogP contribution in [0, 0.1) is 10.1 Å². The molecule has 0 saturated carbocycles. The highest BCUT2D eigenvalue weighted by atomic mass is 35.5. The van der Waals surface area contributed by atoms with Gasteiger partial charge in [-0.2, -0.15) is 4.31 Å². The Bertz CT molecular complexity index is 980. The molecule has 0 aromatic heterocycles. The smallest absolute Gasteiger partial charge is 0.271 e. The van der Waals surface area contributed by atoms with E-state index in [0.717, 1.165) is 4.31 Å². The lowest BCUT2D eigenvalue weighted by Gasteiger charge is -2.18. The van der Waals surface area contributed by atoms with Crippen LogP contribution in [0.3, 0.4) is 0 Å². The minimum absolute atomic E-state index is 0.0883. The van der Waals surface area contributed by atoms with Gasteiger partial charge in [0.05, 0.1) is 18.6 Å². The summed E-state index contributed by atoms with van der Waals surface area (Å²) in [4.78, 5) is 22.2. The SMILES string of the molecule is COc1ccc(Cl)cc1S(=O)(=O)N(C)CC(=O)Nc1cccc([N+](=O)[O-])c1. The number of rotatable bonds is 7. The van der Waals surface area contributed by atoms with Crippen molar-refractivity contribution in [1.29, 1.82) is 0 Å². The molecule has 1 amide bonds. The Balaban J connectivity index is 2.17. The summed E-state index contributed by atoms with van der Waals surface area (Å²) in [5, 5.41) is 13.4. The van der Waals surface area contributed by atoms with Crippen LogP contribution in [0.4, 0.5) is 11.4 Å². The number of carbonyl (C=O) groups is 1. The minimum Gasteiger partial charge on any atom is -0.495 e. The third kappa shape index (κ3) is 4.94. The average molecular weight is 414 g/mol. The van der Waals surface area contributed by atoms with Gasteiger partial charge in [-0.3, -0.25) is 14.9 Å². The zero-order valence-electron chi connectivity index (χ0n) is 14.4. The zero-order valence-corrected chi connectivity index (χ0v) is 16.0. The summed E-state index contributed by atoms with van der Waals surface area (Å²) in [7, 11) is -1.52. The van der Waals surface area contributed by atoms with Crippen molar-refractivity contribution in [2.45, 2.75) is 4.90 Å². The minimum atomic E-state index is -4.06. The molecule has 0 bridgehead atoms. The largest absolute Gasteiger partial charge is 0.495 e. The van der Waals surface area contributed by atoms with E-state index in [-0.39, 0.29) is 27.0 Å². The molecule has 0 aliphatic carbocycles. The lowest BCUT2D eigenvalue weighted by Crippen LogP contribution is -2.35. The molecule has 1 N–H and O–H groups in total. The van der Waals surface area contributed by atoms with Crippen molar-refractivity contribution in [3.63, 3.8) is 0 Å². The molecule has 2 aromatic carbocycles. The fraction of sp³-hybridized carbons (Fsp3) is 0.188. The molecule has 11 heteroatoms. The van der Waals surface area contributed by atoms with Gasteiger partial charge in [-0.25, -0.2) is 8.42 Å². The van der Waals surface area contributed by atoms with Crippen LogP contribution in [0.25, 0.3) is 0 Å². The molecule has 0 radical (unpaired) electrons. The Morgan fingerprint density at radius 3 is 2.63 bits per heavy atom. The maximum absolute atomic E-state index is 12.7. The van der Waals surface area contributed by atoms with E-state index in [9.17, 15) is 23.3 Å². The Hall–Kier alpha value is -2.69. The van der Waals surface area contributed by atoms with E-state index in [2.05, 4.69) is 5.32 Å². The Kier molecular flexibility index (Phi) is 6.37. The van der Waals surface area contributed by atoms with Crippen LogP contribution in [0.5, 0.6) is 5.75 Å². The van der Waals surface area contributed by atoms with E-state index in [1.54, 1.807) is 0 Å². The molecule has 0 unspecified atom stereocenters. The topological polar surface area (TPSA) is 119 Å². The van der Waals surface area contributed by atoms with Crippen LogP contribution in [0.1, 0.15) is 0 Å². The molecule has 2 aromatic rings. The first-order chi connectivity index (χ1) is 12.6. The normalized spacial score (nSPS) is 11.3. The number of sulfonamides is 1. The number of nitrogens with one attached hydrogen (secondary N) is 1. The Morgan fingerprint density at radius 1 is 1.30 bits per heavy atom. The van der Waals surface area contributed by atoms with Crippen LogP contribution < -0.4 is 10.1 Å². The third-order valence-corrected chi connectivity index (χ3v) is 5.58. The van der Waals surface area contributed by atoms with Crippen molar-refractivity contribution in [3.8, 4) is 5.75 Å². The first kappa shape index (κ1) is 20.6. The summed E-state index contributed by atoms with van der Waals surface area (Å²) in [6, 6.07) is 9.43. The van der Waals surface area contributed by atoms with Crippen LogP contribution in [-0.2, 0) is 14.8 Å². The highest BCUT2D eigenvalue weighted by Crippen LogP contribution is 2.29. The van der Waals surface area contributed by atoms with E-state index >= 15 is 0 Å². The number of carbonyl (C=O) groups excluding carboxylic acids is 1. The number of hydrogen-bond donors (Lipinski definition) is 1. The molecular formula is C16H16ClN3O6S. The second-order valence-electron chi connectivity index (χ2n) is 5.41. The predicted octanol–water partition coefficient (Wildman–Crippen LogP) is 2.52. The second kappa shape index (κ2) is 8.33. The molecule has 0 aliphatic heterocycles. The van der Waals surface area contributed by atoms with Gasteiger partial charge in [-0.05, 0) is 24.3 Å². The first-order valence-corrected chi connectivity index (χ1v) is 9.31. The number of nitrogens with zero attached hydrogens (tertiary/aromatic N) is 2. The lowest BCUT2D eigenvalue weighted by atomic mass is 10.3. The van der Waals surface area contributed by atoms with Gasteiger partial charge in [0, 0.05) is 29.9 Å². The second-order valence-corrected chi connectivity index (χ2v) is 7.86. The van der Waals surface area contributed by atoms with E-state index < -0.39 is 27.4 Å². The quantitative estimate of drug-likeness (QED) is 0.550. The molecule has 2 rings (SSSR count). The van der Waals surface area contributed by atoms with Gasteiger partial charge in [-0.1, -0.05) is 17.7 Å².